The van der Waals surface area contributed by atoms with Crippen LogP contribution in [0.1, 0.15) is 17.3 Å². The van der Waals surface area contributed by atoms with Gasteiger partial charge in [0.15, 0.2) is 0 Å². The number of hydrogen-bond donors (Lipinski definition) is 2. The van der Waals surface area contributed by atoms with Gasteiger partial charge in [0.25, 0.3) is 0 Å². The van der Waals surface area contributed by atoms with Crippen molar-refractivity contribution < 1.29 is 0 Å². The summed E-state index contributed by atoms with van der Waals surface area (Å²) >= 11 is 0. The lowest BCUT2D eigenvalue weighted by molar-refractivity contribution is 0.529. The molecule has 0 radical (unpaired) electrons. The van der Waals surface area contributed by atoms with Crippen LogP contribution in [-0.2, 0) is 13.5 Å². The van der Waals surface area contributed by atoms with E-state index in [1.807, 2.05) is 31.4 Å². The number of nitrogens with zero attached hydrogens (tertiary/aromatic N) is 3. The average molecular weight is 217 g/mol. The monoisotopic (exact) mass is 217 g/mol. The van der Waals surface area contributed by atoms with Crippen LogP contribution in [0.4, 0.5) is 0 Å². The summed E-state index contributed by atoms with van der Waals surface area (Å²) in [4.78, 5) is 3.98. The Balaban J connectivity index is 2.12. The molecular formula is C11H15N5. The van der Waals surface area contributed by atoms with E-state index in [1.165, 1.54) is 5.56 Å². The smallest absolute Gasteiger partial charge is 0.0810 e. The van der Waals surface area contributed by atoms with E-state index in [0.29, 0.717) is 0 Å². The van der Waals surface area contributed by atoms with E-state index in [-0.39, 0.29) is 6.04 Å². The molecule has 5 heteroatoms. The zero-order valence-corrected chi connectivity index (χ0v) is 9.17. The molecule has 1 unspecified atom stereocenters. The lowest BCUT2D eigenvalue weighted by Crippen LogP contribution is -2.30. The minimum Gasteiger partial charge on any atom is -0.275 e. The topological polar surface area (TPSA) is 68.8 Å². The summed E-state index contributed by atoms with van der Waals surface area (Å²) in [6, 6.07) is 5.95. The third-order valence-electron chi connectivity index (χ3n) is 2.48. The van der Waals surface area contributed by atoms with Gasteiger partial charge in [0, 0.05) is 25.6 Å². The highest BCUT2D eigenvalue weighted by Crippen LogP contribution is 2.14. The molecule has 0 aliphatic heterocycles. The minimum absolute atomic E-state index is 0.0311. The third kappa shape index (κ3) is 2.44. The van der Waals surface area contributed by atoms with Crippen LogP contribution in [0, 0.1) is 0 Å². The van der Waals surface area contributed by atoms with Gasteiger partial charge in [0.2, 0.25) is 0 Å². The first kappa shape index (κ1) is 10.8. The van der Waals surface area contributed by atoms with Gasteiger partial charge in [0.1, 0.15) is 0 Å². The molecule has 0 aliphatic rings. The summed E-state index contributed by atoms with van der Waals surface area (Å²) in [6.45, 7) is 0. The molecule has 2 aromatic heterocycles. The predicted molar refractivity (Wildman–Crippen MR) is 61.2 cm³/mol. The summed E-state index contributed by atoms with van der Waals surface area (Å²) < 4.78 is 1.77. The molecule has 0 aliphatic carbocycles. The molecule has 0 bridgehead atoms. The van der Waals surface area contributed by atoms with Crippen molar-refractivity contribution in [1.29, 1.82) is 0 Å². The fourth-order valence-corrected chi connectivity index (χ4v) is 1.62. The molecule has 0 saturated heterocycles. The summed E-state index contributed by atoms with van der Waals surface area (Å²) in [5.41, 5.74) is 4.91. The second kappa shape index (κ2) is 4.87. The van der Waals surface area contributed by atoms with Gasteiger partial charge < -0.3 is 0 Å². The van der Waals surface area contributed by atoms with Crippen molar-refractivity contribution in [2.45, 2.75) is 12.5 Å². The second-order valence-corrected chi connectivity index (χ2v) is 3.69. The van der Waals surface area contributed by atoms with E-state index >= 15 is 0 Å². The lowest BCUT2D eigenvalue weighted by Gasteiger charge is -2.13. The molecule has 0 amide bonds. The minimum atomic E-state index is 0.0311. The number of rotatable bonds is 4. The van der Waals surface area contributed by atoms with Crippen LogP contribution in [0.5, 0.6) is 0 Å². The molecule has 1 atom stereocenters. The summed E-state index contributed by atoms with van der Waals surface area (Å²) in [5, 5.41) is 4.34. The highest BCUT2D eigenvalue weighted by atomic mass is 15.3. The van der Waals surface area contributed by atoms with Crippen molar-refractivity contribution in [1.82, 2.24) is 20.2 Å². The predicted octanol–water partition coefficient (Wildman–Crippen LogP) is 0.562. The van der Waals surface area contributed by atoms with Crippen LogP contribution in [-0.4, -0.2) is 14.8 Å². The Morgan fingerprint density at radius 2 is 2.12 bits per heavy atom. The maximum atomic E-state index is 5.55. The Kier molecular flexibility index (Phi) is 3.28. The molecule has 84 valence electrons. The summed E-state index contributed by atoms with van der Waals surface area (Å²) in [7, 11) is 1.89. The number of aromatic nitrogens is 3. The largest absolute Gasteiger partial charge is 0.275 e. The highest BCUT2D eigenvalue weighted by molar-refractivity contribution is 5.15. The Labute approximate surface area is 94.3 Å². The normalized spacial score (nSPS) is 12.6. The van der Waals surface area contributed by atoms with Gasteiger partial charge in [-0.05, 0) is 30.2 Å². The maximum Gasteiger partial charge on any atom is 0.0810 e. The first-order valence-corrected chi connectivity index (χ1v) is 5.14. The van der Waals surface area contributed by atoms with Gasteiger partial charge >= 0.3 is 0 Å². The number of nitrogens with two attached hydrogens (primary N) is 1. The summed E-state index contributed by atoms with van der Waals surface area (Å²) in [6.07, 6.45) is 6.27. The van der Waals surface area contributed by atoms with Gasteiger partial charge in [-0.25, -0.2) is 0 Å². The lowest BCUT2D eigenvalue weighted by atomic mass is 10.1. The quantitative estimate of drug-likeness (QED) is 0.580. The van der Waals surface area contributed by atoms with Crippen molar-refractivity contribution in [3.63, 3.8) is 0 Å². The van der Waals surface area contributed by atoms with E-state index in [4.69, 9.17) is 5.84 Å². The van der Waals surface area contributed by atoms with Crippen molar-refractivity contribution >= 4 is 0 Å². The number of hydrogen-bond acceptors (Lipinski definition) is 4. The van der Waals surface area contributed by atoms with Crippen molar-refractivity contribution in [2.24, 2.45) is 12.9 Å². The van der Waals surface area contributed by atoms with Gasteiger partial charge in [-0.15, -0.1) is 0 Å². The first-order valence-electron chi connectivity index (χ1n) is 5.14. The number of aryl methyl sites for hydroxylation is 1. The molecule has 0 saturated carbocycles. The van der Waals surface area contributed by atoms with Crippen LogP contribution in [0.25, 0.3) is 0 Å². The SMILES string of the molecule is Cn1ccc(C(Cc2ccncc2)NN)n1. The fraction of sp³-hybridized carbons (Fsp3) is 0.273. The molecule has 2 rings (SSSR count). The van der Waals surface area contributed by atoms with Crippen molar-refractivity contribution in [2.75, 3.05) is 0 Å². The van der Waals surface area contributed by atoms with Gasteiger partial charge in [-0.3, -0.25) is 20.9 Å². The molecule has 0 aromatic carbocycles. The first-order chi connectivity index (χ1) is 7.79. The van der Waals surface area contributed by atoms with Crippen molar-refractivity contribution in [3.05, 3.63) is 48.0 Å². The average Bonchev–Trinajstić information content (AvgIpc) is 2.74. The highest BCUT2D eigenvalue weighted by Gasteiger charge is 2.12. The van der Waals surface area contributed by atoms with Gasteiger partial charge in [-0.1, -0.05) is 0 Å². The van der Waals surface area contributed by atoms with E-state index in [1.54, 1.807) is 17.1 Å². The maximum absolute atomic E-state index is 5.55. The molecule has 3 N–H and O–H groups in total. The molecule has 16 heavy (non-hydrogen) atoms. The molecule has 2 aromatic rings. The zero-order chi connectivity index (χ0) is 11.4. The molecule has 5 nitrogen and oxygen atoms in total. The fourth-order valence-electron chi connectivity index (χ4n) is 1.62. The Morgan fingerprint density at radius 1 is 1.38 bits per heavy atom. The zero-order valence-electron chi connectivity index (χ0n) is 9.17. The molecule has 2 heterocycles. The Hall–Kier alpha value is -1.72. The molecule has 0 fully saturated rings. The number of hydrazine groups is 1. The van der Waals surface area contributed by atoms with Crippen molar-refractivity contribution in [3.8, 4) is 0 Å². The second-order valence-electron chi connectivity index (χ2n) is 3.69. The number of pyridine rings is 1. The van der Waals surface area contributed by atoms with E-state index < -0.39 is 0 Å². The molecule has 0 spiro atoms. The van der Waals surface area contributed by atoms with Crippen LogP contribution in [0.15, 0.2) is 36.8 Å². The van der Waals surface area contributed by atoms with E-state index in [9.17, 15) is 0 Å². The Morgan fingerprint density at radius 3 is 2.69 bits per heavy atom. The number of nitrogens with one attached hydrogen (secondary N) is 1. The molecular weight excluding hydrogens is 202 g/mol. The van der Waals surface area contributed by atoms with Crippen LogP contribution in [0.3, 0.4) is 0 Å². The standard InChI is InChI=1S/C11H15N5/c1-16-7-4-10(15-16)11(14-12)8-9-2-5-13-6-3-9/h2-7,11,14H,8,12H2,1H3. The van der Waals surface area contributed by atoms with E-state index in [2.05, 4.69) is 15.5 Å². The van der Waals surface area contributed by atoms with Crippen LogP contribution < -0.4 is 11.3 Å². The van der Waals surface area contributed by atoms with Gasteiger partial charge in [-0.2, -0.15) is 5.10 Å². The summed E-state index contributed by atoms with van der Waals surface area (Å²) in [5.74, 6) is 5.55. The van der Waals surface area contributed by atoms with E-state index in [0.717, 1.165) is 12.1 Å². The third-order valence-corrected chi connectivity index (χ3v) is 2.48. The van der Waals surface area contributed by atoms with Crippen LogP contribution >= 0.6 is 0 Å². The van der Waals surface area contributed by atoms with Gasteiger partial charge in [0.05, 0.1) is 11.7 Å². The Bertz CT molecular complexity index is 437. The van der Waals surface area contributed by atoms with Crippen LogP contribution in [0.2, 0.25) is 0 Å².